The third kappa shape index (κ3) is 4.60. The van der Waals surface area contributed by atoms with Crippen molar-refractivity contribution in [1.29, 1.82) is 0 Å². The predicted molar refractivity (Wildman–Crippen MR) is 97.8 cm³/mol. The largest absolute Gasteiger partial charge is 0.368 e. The van der Waals surface area contributed by atoms with Crippen LogP contribution in [-0.4, -0.2) is 20.4 Å². The van der Waals surface area contributed by atoms with Gasteiger partial charge in [-0.05, 0) is 23.1 Å². The minimum atomic E-state index is -4.10. The molecule has 26 heavy (non-hydrogen) atoms. The third-order valence-corrected chi connectivity index (χ3v) is 5.16. The summed E-state index contributed by atoms with van der Waals surface area (Å²) in [5.74, 6) is -0.847. The number of nitrogens with two attached hydrogens (primary N) is 1. The van der Waals surface area contributed by atoms with Gasteiger partial charge in [0.1, 0.15) is 6.04 Å². The Morgan fingerprint density at radius 3 is 2.12 bits per heavy atom. The molecule has 0 saturated heterocycles. The maximum absolute atomic E-state index is 12.6. The van der Waals surface area contributed by atoms with E-state index in [4.69, 9.17) is 5.73 Å². The number of sulfonamides is 1. The Bertz CT molecular complexity index is 896. The van der Waals surface area contributed by atoms with Crippen LogP contribution in [0.1, 0.15) is 36.9 Å². The molecule has 0 spiro atoms. The molecule has 1 unspecified atom stereocenters. The Morgan fingerprint density at radius 2 is 1.54 bits per heavy atom. The van der Waals surface area contributed by atoms with Crippen molar-refractivity contribution in [3.8, 4) is 0 Å². The van der Waals surface area contributed by atoms with Gasteiger partial charge in [0.05, 0.1) is 4.90 Å². The molecule has 0 aliphatic heterocycles. The molecule has 0 heterocycles. The molecule has 0 aliphatic rings. The summed E-state index contributed by atoms with van der Waals surface area (Å²) in [5.41, 5.74) is 6.36. The highest BCUT2D eigenvalue weighted by molar-refractivity contribution is 7.90. The molecule has 7 nitrogen and oxygen atoms in total. The second kappa shape index (κ2) is 8.01. The van der Waals surface area contributed by atoms with Crippen LogP contribution >= 0.6 is 0 Å². The van der Waals surface area contributed by atoms with Gasteiger partial charge >= 0.3 is 6.03 Å². The second-order valence-electron chi connectivity index (χ2n) is 6.02. The number of carbonyl (C=O) groups is 2. The van der Waals surface area contributed by atoms with Crippen molar-refractivity contribution in [2.24, 2.45) is 5.73 Å². The van der Waals surface area contributed by atoms with Gasteiger partial charge in [-0.25, -0.2) is 17.9 Å². The normalized spacial score (nSPS) is 12.4. The van der Waals surface area contributed by atoms with Gasteiger partial charge in [0.25, 0.3) is 10.0 Å². The SMILES string of the molecule is CC(C)c1ccccc1S(=O)(=O)NC(=O)NC(C(N)=O)c1ccccc1. The van der Waals surface area contributed by atoms with Crippen LogP contribution in [0, 0.1) is 0 Å². The van der Waals surface area contributed by atoms with Crippen molar-refractivity contribution < 1.29 is 18.0 Å². The van der Waals surface area contributed by atoms with Crippen LogP contribution in [0.5, 0.6) is 0 Å². The first kappa shape index (κ1) is 19.5. The molecule has 0 bridgehead atoms. The predicted octanol–water partition coefficient (Wildman–Crippen LogP) is 2.02. The minimum Gasteiger partial charge on any atom is -0.368 e. The van der Waals surface area contributed by atoms with E-state index < -0.39 is 28.0 Å². The van der Waals surface area contributed by atoms with E-state index in [9.17, 15) is 18.0 Å². The van der Waals surface area contributed by atoms with Gasteiger partial charge < -0.3 is 11.1 Å². The lowest BCUT2D eigenvalue weighted by Gasteiger charge is -2.18. The van der Waals surface area contributed by atoms with Crippen molar-refractivity contribution in [1.82, 2.24) is 10.0 Å². The van der Waals surface area contributed by atoms with Gasteiger partial charge in [-0.15, -0.1) is 0 Å². The van der Waals surface area contributed by atoms with E-state index in [2.05, 4.69) is 5.32 Å². The zero-order valence-corrected chi connectivity index (χ0v) is 15.3. The monoisotopic (exact) mass is 375 g/mol. The average Bonchev–Trinajstić information content (AvgIpc) is 2.59. The Labute approximate surface area is 152 Å². The first-order chi connectivity index (χ1) is 12.2. The number of nitrogens with one attached hydrogen (secondary N) is 2. The summed E-state index contributed by atoms with van der Waals surface area (Å²) in [4.78, 5) is 23.9. The fraction of sp³-hybridized carbons (Fsp3) is 0.222. The summed E-state index contributed by atoms with van der Waals surface area (Å²) in [6.07, 6.45) is 0. The van der Waals surface area contributed by atoms with E-state index in [1.165, 1.54) is 6.07 Å². The molecule has 0 aromatic heterocycles. The number of urea groups is 1. The average molecular weight is 375 g/mol. The number of primary amides is 1. The van der Waals surface area contributed by atoms with Crippen LogP contribution in [0.15, 0.2) is 59.5 Å². The van der Waals surface area contributed by atoms with E-state index in [1.54, 1.807) is 48.5 Å². The topological polar surface area (TPSA) is 118 Å². The fourth-order valence-electron chi connectivity index (χ4n) is 2.50. The quantitative estimate of drug-likeness (QED) is 0.716. The molecule has 2 rings (SSSR count). The number of hydrogen-bond donors (Lipinski definition) is 3. The number of rotatable bonds is 6. The molecular formula is C18H21N3O4S. The van der Waals surface area contributed by atoms with E-state index in [-0.39, 0.29) is 10.8 Å². The number of hydrogen-bond acceptors (Lipinski definition) is 4. The lowest BCUT2D eigenvalue weighted by molar-refractivity contribution is -0.119. The van der Waals surface area contributed by atoms with Crippen molar-refractivity contribution in [3.05, 3.63) is 65.7 Å². The van der Waals surface area contributed by atoms with E-state index in [0.717, 1.165) is 0 Å². The molecule has 4 N–H and O–H groups in total. The van der Waals surface area contributed by atoms with Crippen LogP contribution in [0.3, 0.4) is 0 Å². The highest BCUT2D eigenvalue weighted by atomic mass is 32.2. The van der Waals surface area contributed by atoms with Gasteiger partial charge in [0, 0.05) is 0 Å². The van der Waals surface area contributed by atoms with E-state index in [0.29, 0.717) is 11.1 Å². The molecule has 2 aromatic rings. The standard InChI is InChI=1S/C18H21N3O4S/c1-12(2)14-10-6-7-11-15(14)26(24,25)21-18(23)20-16(17(19)22)13-8-4-3-5-9-13/h3-12,16H,1-2H3,(H2,19,22)(H2,20,21,23). The van der Waals surface area contributed by atoms with Gasteiger partial charge in [0.2, 0.25) is 5.91 Å². The van der Waals surface area contributed by atoms with Crippen LogP contribution in [0.2, 0.25) is 0 Å². The summed E-state index contributed by atoms with van der Waals surface area (Å²) >= 11 is 0. The maximum Gasteiger partial charge on any atom is 0.329 e. The van der Waals surface area contributed by atoms with Gasteiger partial charge in [-0.1, -0.05) is 62.4 Å². The van der Waals surface area contributed by atoms with Crippen LogP contribution in [-0.2, 0) is 14.8 Å². The minimum absolute atomic E-state index is 0.0143. The fourth-order valence-corrected chi connectivity index (χ4v) is 3.79. The Hall–Kier alpha value is -2.87. The van der Waals surface area contributed by atoms with Crippen molar-refractivity contribution in [2.45, 2.75) is 30.7 Å². The first-order valence-corrected chi connectivity index (χ1v) is 9.47. The van der Waals surface area contributed by atoms with Crippen molar-refractivity contribution in [3.63, 3.8) is 0 Å². The van der Waals surface area contributed by atoms with E-state index >= 15 is 0 Å². The van der Waals surface area contributed by atoms with Crippen LogP contribution in [0.25, 0.3) is 0 Å². The molecule has 0 saturated carbocycles. The maximum atomic E-state index is 12.6. The molecule has 2 aromatic carbocycles. The summed E-state index contributed by atoms with van der Waals surface area (Å²) < 4.78 is 27.1. The Kier molecular flexibility index (Phi) is 5.99. The highest BCUT2D eigenvalue weighted by Gasteiger charge is 2.25. The molecule has 0 radical (unpaired) electrons. The lowest BCUT2D eigenvalue weighted by Crippen LogP contribution is -2.45. The Balaban J connectivity index is 2.22. The molecule has 3 amide bonds. The van der Waals surface area contributed by atoms with Crippen LogP contribution < -0.4 is 15.8 Å². The highest BCUT2D eigenvalue weighted by Crippen LogP contribution is 2.23. The summed E-state index contributed by atoms with van der Waals surface area (Å²) in [6, 6.07) is 12.6. The summed E-state index contributed by atoms with van der Waals surface area (Å²) in [7, 11) is -4.10. The molecule has 0 aliphatic carbocycles. The number of amides is 3. The van der Waals surface area contributed by atoms with Crippen molar-refractivity contribution in [2.75, 3.05) is 0 Å². The van der Waals surface area contributed by atoms with Gasteiger partial charge in [0.15, 0.2) is 0 Å². The Morgan fingerprint density at radius 1 is 0.962 bits per heavy atom. The smallest absolute Gasteiger partial charge is 0.329 e. The first-order valence-electron chi connectivity index (χ1n) is 7.99. The molecule has 0 fully saturated rings. The molecule has 8 heteroatoms. The molecular weight excluding hydrogens is 354 g/mol. The number of benzene rings is 2. The second-order valence-corrected chi connectivity index (χ2v) is 7.67. The zero-order chi connectivity index (χ0) is 19.3. The van der Waals surface area contributed by atoms with Gasteiger partial charge in [-0.3, -0.25) is 4.79 Å². The molecule has 138 valence electrons. The zero-order valence-electron chi connectivity index (χ0n) is 14.5. The number of carbonyl (C=O) groups excluding carboxylic acids is 2. The third-order valence-electron chi connectivity index (χ3n) is 3.75. The van der Waals surface area contributed by atoms with E-state index in [1.807, 2.05) is 18.6 Å². The van der Waals surface area contributed by atoms with Crippen molar-refractivity contribution >= 4 is 22.0 Å². The lowest BCUT2D eigenvalue weighted by atomic mass is 10.0. The van der Waals surface area contributed by atoms with Gasteiger partial charge in [-0.2, -0.15) is 0 Å². The van der Waals surface area contributed by atoms with Crippen LogP contribution in [0.4, 0.5) is 4.79 Å². The molecule has 1 atom stereocenters. The summed E-state index contributed by atoms with van der Waals surface area (Å²) in [6.45, 7) is 3.71. The summed E-state index contributed by atoms with van der Waals surface area (Å²) in [5, 5.41) is 2.30.